The third kappa shape index (κ3) is 6.03. The van der Waals surface area contributed by atoms with Crippen molar-refractivity contribution in [3.8, 4) is 5.75 Å². The number of nitrogens with zero attached hydrogens (tertiary/aromatic N) is 2. The summed E-state index contributed by atoms with van der Waals surface area (Å²) in [6.07, 6.45) is -3.88. The second-order valence-electron chi connectivity index (χ2n) is 5.42. The highest BCUT2D eigenvalue weighted by Crippen LogP contribution is 2.35. The standard InChI is InChI=1S/C17H18F4N4O2.C2H6/c1-4-13(26)9-6-14(27-3)12(7-11(9)18)24-16-23-8-10(17(19,20)21)15(25-16)22-5-2;1-2/h6-8H,4-5H2,1-3H3,(H2,22,23,24,25);1-2H3. The summed E-state index contributed by atoms with van der Waals surface area (Å²) in [4.78, 5) is 19.2. The van der Waals surface area contributed by atoms with Crippen molar-refractivity contribution < 1.29 is 27.1 Å². The number of rotatable bonds is 7. The number of hydrogen-bond acceptors (Lipinski definition) is 6. The highest BCUT2D eigenvalue weighted by atomic mass is 19.4. The van der Waals surface area contributed by atoms with Gasteiger partial charge in [0, 0.05) is 25.2 Å². The van der Waals surface area contributed by atoms with E-state index in [-0.39, 0.29) is 35.9 Å². The zero-order valence-corrected chi connectivity index (χ0v) is 16.9. The van der Waals surface area contributed by atoms with Crippen LogP contribution in [-0.4, -0.2) is 29.4 Å². The number of benzene rings is 1. The van der Waals surface area contributed by atoms with Gasteiger partial charge in [-0.25, -0.2) is 9.37 Å². The number of hydrogen-bond donors (Lipinski definition) is 2. The summed E-state index contributed by atoms with van der Waals surface area (Å²) in [6, 6.07) is 2.23. The van der Waals surface area contributed by atoms with E-state index in [1.54, 1.807) is 13.8 Å². The number of halogens is 4. The lowest BCUT2D eigenvalue weighted by Gasteiger charge is -2.15. The minimum absolute atomic E-state index is 0.0739. The third-order valence-corrected chi connectivity index (χ3v) is 3.60. The molecule has 0 saturated carbocycles. The number of anilines is 3. The number of ether oxygens (including phenoxy) is 1. The average molecular weight is 416 g/mol. The summed E-state index contributed by atoms with van der Waals surface area (Å²) >= 11 is 0. The lowest BCUT2D eigenvalue weighted by atomic mass is 10.1. The van der Waals surface area contributed by atoms with Crippen LogP contribution in [0.4, 0.5) is 35.0 Å². The fourth-order valence-electron chi connectivity index (χ4n) is 2.30. The Morgan fingerprint density at radius 1 is 1.21 bits per heavy atom. The van der Waals surface area contributed by atoms with E-state index >= 15 is 0 Å². The molecule has 0 fully saturated rings. The van der Waals surface area contributed by atoms with Gasteiger partial charge in [-0.3, -0.25) is 4.79 Å². The smallest absolute Gasteiger partial charge is 0.421 e. The number of methoxy groups -OCH3 is 1. The number of Topliss-reactive ketones (excluding diaryl/α,β-unsaturated/α-hetero) is 1. The van der Waals surface area contributed by atoms with Crippen LogP contribution < -0.4 is 15.4 Å². The van der Waals surface area contributed by atoms with Crippen LogP contribution in [0.25, 0.3) is 0 Å². The van der Waals surface area contributed by atoms with Gasteiger partial charge in [0.05, 0.1) is 18.4 Å². The molecule has 2 aromatic rings. The number of carbonyl (C=O) groups excluding carboxylic acids is 1. The molecule has 160 valence electrons. The first-order valence-corrected chi connectivity index (χ1v) is 9.07. The first kappa shape index (κ1) is 24.1. The van der Waals surface area contributed by atoms with Gasteiger partial charge in [-0.1, -0.05) is 20.8 Å². The van der Waals surface area contributed by atoms with E-state index in [2.05, 4.69) is 20.6 Å². The fraction of sp³-hybridized carbons (Fsp3) is 0.421. The molecule has 10 heteroatoms. The van der Waals surface area contributed by atoms with Crippen LogP contribution in [0.3, 0.4) is 0 Å². The van der Waals surface area contributed by atoms with Gasteiger partial charge in [0.1, 0.15) is 22.9 Å². The van der Waals surface area contributed by atoms with Gasteiger partial charge in [-0.15, -0.1) is 0 Å². The highest BCUT2D eigenvalue weighted by Gasteiger charge is 2.35. The van der Waals surface area contributed by atoms with Gasteiger partial charge in [0.25, 0.3) is 0 Å². The van der Waals surface area contributed by atoms with Gasteiger partial charge in [-0.2, -0.15) is 18.2 Å². The molecule has 0 aliphatic rings. The van der Waals surface area contributed by atoms with Crippen LogP contribution in [0.1, 0.15) is 50.0 Å². The molecule has 0 spiro atoms. The van der Waals surface area contributed by atoms with Crippen molar-refractivity contribution in [3.05, 3.63) is 35.3 Å². The molecule has 0 saturated heterocycles. The quantitative estimate of drug-likeness (QED) is 0.463. The molecule has 0 amide bonds. The maximum Gasteiger partial charge on any atom is 0.421 e. The number of aromatic nitrogens is 2. The van der Waals surface area contributed by atoms with Crippen molar-refractivity contribution in [2.45, 2.75) is 40.3 Å². The SMILES string of the molecule is CC.CCNc1nc(Nc2cc(F)c(C(=O)CC)cc2OC)ncc1C(F)(F)F. The van der Waals surface area contributed by atoms with Crippen LogP contribution in [0.2, 0.25) is 0 Å². The number of alkyl halides is 3. The first-order valence-electron chi connectivity index (χ1n) is 9.07. The first-order chi connectivity index (χ1) is 13.7. The second-order valence-corrected chi connectivity index (χ2v) is 5.42. The van der Waals surface area contributed by atoms with E-state index in [1.165, 1.54) is 13.2 Å². The molecule has 0 unspecified atom stereocenters. The molecule has 0 aliphatic heterocycles. The lowest BCUT2D eigenvalue weighted by molar-refractivity contribution is -0.137. The molecule has 1 aromatic heterocycles. The minimum atomic E-state index is -4.62. The summed E-state index contributed by atoms with van der Waals surface area (Å²) in [6.45, 7) is 7.43. The van der Waals surface area contributed by atoms with Gasteiger partial charge in [0.15, 0.2) is 5.78 Å². The fourth-order valence-corrected chi connectivity index (χ4v) is 2.30. The van der Waals surface area contributed by atoms with E-state index in [1.807, 2.05) is 13.8 Å². The molecular weight excluding hydrogens is 392 g/mol. The summed E-state index contributed by atoms with van der Waals surface area (Å²) < 4.78 is 58.4. The molecule has 0 radical (unpaired) electrons. The largest absolute Gasteiger partial charge is 0.495 e. The molecule has 6 nitrogen and oxygen atoms in total. The number of nitrogens with one attached hydrogen (secondary N) is 2. The normalized spacial score (nSPS) is 10.7. The van der Waals surface area contributed by atoms with Crippen molar-refractivity contribution in [3.63, 3.8) is 0 Å². The van der Waals surface area contributed by atoms with Crippen LogP contribution >= 0.6 is 0 Å². The number of ketones is 1. The van der Waals surface area contributed by atoms with Gasteiger partial charge >= 0.3 is 6.18 Å². The molecule has 29 heavy (non-hydrogen) atoms. The van der Waals surface area contributed by atoms with Crippen molar-refractivity contribution in [1.29, 1.82) is 0 Å². The van der Waals surface area contributed by atoms with Crippen molar-refractivity contribution in [2.24, 2.45) is 0 Å². The molecule has 2 N–H and O–H groups in total. The predicted molar refractivity (Wildman–Crippen MR) is 103 cm³/mol. The summed E-state index contributed by atoms with van der Waals surface area (Å²) in [5.41, 5.74) is -1.08. The average Bonchev–Trinajstić information content (AvgIpc) is 2.68. The van der Waals surface area contributed by atoms with E-state index < -0.39 is 29.2 Å². The Morgan fingerprint density at radius 2 is 1.86 bits per heavy atom. The Morgan fingerprint density at radius 3 is 2.38 bits per heavy atom. The predicted octanol–water partition coefficient (Wildman–Crippen LogP) is 5.44. The topological polar surface area (TPSA) is 76.1 Å². The van der Waals surface area contributed by atoms with Gasteiger partial charge in [0.2, 0.25) is 5.95 Å². The monoisotopic (exact) mass is 416 g/mol. The molecule has 1 heterocycles. The third-order valence-electron chi connectivity index (χ3n) is 3.60. The van der Waals surface area contributed by atoms with Crippen LogP contribution in [0.5, 0.6) is 5.75 Å². The Balaban J connectivity index is 0.00000204. The van der Waals surface area contributed by atoms with Crippen molar-refractivity contribution >= 4 is 23.2 Å². The molecule has 0 aliphatic carbocycles. The zero-order valence-electron chi connectivity index (χ0n) is 16.9. The van der Waals surface area contributed by atoms with E-state index in [4.69, 9.17) is 4.74 Å². The molecule has 0 atom stereocenters. The second kappa shape index (κ2) is 10.6. The van der Waals surface area contributed by atoms with Crippen LogP contribution in [-0.2, 0) is 6.18 Å². The molecular formula is C19H24F4N4O2. The van der Waals surface area contributed by atoms with Crippen LogP contribution in [0.15, 0.2) is 18.3 Å². The summed E-state index contributed by atoms with van der Waals surface area (Å²) in [5.74, 6) is -1.66. The maximum absolute atomic E-state index is 14.2. The van der Waals surface area contributed by atoms with Gasteiger partial charge < -0.3 is 15.4 Å². The molecule has 2 rings (SSSR count). The summed E-state index contributed by atoms with van der Waals surface area (Å²) in [5, 5.41) is 5.14. The Hall–Kier alpha value is -2.91. The van der Waals surface area contributed by atoms with E-state index in [0.717, 1.165) is 6.07 Å². The maximum atomic E-state index is 14.2. The Labute approximate surface area is 166 Å². The Kier molecular flexibility index (Phi) is 8.81. The van der Waals surface area contributed by atoms with Crippen molar-refractivity contribution in [1.82, 2.24) is 9.97 Å². The zero-order chi connectivity index (χ0) is 22.2. The highest BCUT2D eigenvalue weighted by molar-refractivity contribution is 5.97. The van der Waals surface area contributed by atoms with E-state index in [9.17, 15) is 22.4 Å². The van der Waals surface area contributed by atoms with Crippen LogP contribution in [0, 0.1) is 5.82 Å². The van der Waals surface area contributed by atoms with Gasteiger partial charge in [-0.05, 0) is 13.0 Å². The van der Waals surface area contributed by atoms with Crippen molar-refractivity contribution in [2.75, 3.05) is 24.3 Å². The molecule has 0 bridgehead atoms. The lowest BCUT2D eigenvalue weighted by Crippen LogP contribution is -2.14. The number of carbonyl (C=O) groups is 1. The summed E-state index contributed by atoms with van der Waals surface area (Å²) in [7, 11) is 1.32. The van der Waals surface area contributed by atoms with E-state index in [0.29, 0.717) is 6.20 Å². The Bertz CT molecular complexity index is 842. The molecule has 1 aromatic carbocycles. The minimum Gasteiger partial charge on any atom is -0.495 e.